The van der Waals surface area contributed by atoms with E-state index in [0.29, 0.717) is 22.8 Å². The van der Waals surface area contributed by atoms with Crippen molar-refractivity contribution in [1.82, 2.24) is 5.43 Å². The zero-order valence-corrected chi connectivity index (χ0v) is 23.8. The van der Waals surface area contributed by atoms with E-state index in [1.54, 1.807) is 48.7 Å². The Labute approximate surface area is 234 Å². The number of rotatable bonds is 20. The van der Waals surface area contributed by atoms with Crippen LogP contribution in [0, 0.1) is 0 Å². The summed E-state index contributed by atoms with van der Waals surface area (Å²) in [5.41, 5.74) is 3.72. The summed E-state index contributed by atoms with van der Waals surface area (Å²) in [5, 5.41) is 4.60. The molecule has 0 aliphatic carbocycles. The van der Waals surface area contributed by atoms with Crippen LogP contribution in [-0.4, -0.2) is 18.1 Å². The molecule has 5 nitrogen and oxygen atoms in total. The molecule has 0 bridgehead atoms. The lowest BCUT2D eigenvalue weighted by Crippen LogP contribution is -2.16. The lowest BCUT2D eigenvalue weighted by molar-refractivity contribution is -0.121. The molecule has 38 heavy (non-hydrogen) atoms. The molecule has 6 heteroatoms. The maximum atomic E-state index is 12.3. The molecule has 208 valence electrons. The molecule has 0 saturated carbocycles. The van der Waals surface area contributed by atoms with Gasteiger partial charge in [-0.2, -0.15) is 5.10 Å². The van der Waals surface area contributed by atoms with Gasteiger partial charge in [-0.3, -0.25) is 4.79 Å². The molecular weight excluding hydrogens is 496 g/mol. The fourth-order valence-corrected chi connectivity index (χ4v) is 4.43. The zero-order valence-electron chi connectivity index (χ0n) is 23.1. The first-order valence-electron chi connectivity index (χ1n) is 14.5. The van der Waals surface area contributed by atoms with Gasteiger partial charge < -0.3 is 4.74 Å². The van der Waals surface area contributed by atoms with Crippen molar-refractivity contribution in [2.45, 2.75) is 110 Å². The summed E-state index contributed by atoms with van der Waals surface area (Å²) in [6.45, 7) is 2.27. The Bertz CT molecular complexity index is 959. The minimum atomic E-state index is -0.465. The first-order valence-corrected chi connectivity index (χ1v) is 14.9. The van der Waals surface area contributed by atoms with Crippen LogP contribution in [-0.2, 0) is 4.79 Å². The van der Waals surface area contributed by atoms with Crippen molar-refractivity contribution in [3.63, 3.8) is 0 Å². The van der Waals surface area contributed by atoms with E-state index in [2.05, 4.69) is 17.5 Å². The summed E-state index contributed by atoms with van der Waals surface area (Å²) in [5.74, 6) is -0.146. The van der Waals surface area contributed by atoms with Gasteiger partial charge in [0.2, 0.25) is 5.91 Å². The second-order valence-corrected chi connectivity index (χ2v) is 10.4. The fraction of sp³-hybridized carbons (Fsp3) is 0.531. The second kappa shape index (κ2) is 20.3. The van der Waals surface area contributed by atoms with Crippen molar-refractivity contribution < 1.29 is 14.3 Å². The number of unbranched alkanes of at least 4 members (excludes halogenated alkanes) is 14. The van der Waals surface area contributed by atoms with Crippen LogP contribution < -0.4 is 10.2 Å². The Morgan fingerprint density at radius 3 is 1.92 bits per heavy atom. The quantitative estimate of drug-likeness (QED) is 0.0598. The van der Waals surface area contributed by atoms with E-state index >= 15 is 0 Å². The predicted molar refractivity (Wildman–Crippen MR) is 158 cm³/mol. The summed E-state index contributed by atoms with van der Waals surface area (Å²) in [4.78, 5) is 24.3. The molecule has 2 aromatic carbocycles. The van der Waals surface area contributed by atoms with Gasteiger partial charge in [-0.05, 0) is 48.4 Å². The molecule has 0 saturated heterocycles. The normalized spacial score (nSPS) is 11.1. The molecule has 1 amide bonds. The second-order valence-electron chi connectivity index (χ2n) is 9.96. The maximum absolute atomic E-state index is 12.3. The Hall–Kier alpha value is -2.66. The monoisotopic (exact) mass is 540 g/mol. The SMILES string of the molecule is CCCCCCCCCCCCCCCCCC(=O)NN=Cc1cccc(OC(=O)c2ccc(Cl)cc2)c1. The number of carbonyl (C=O) groups excluding carboxylic acids is 2. The molecule has 0 radical (unpaired) electrons. The van der Waals surface area contributed by atoms with Crippen molar-refractivity contribution in [3.05, 3.63) is 64.7 Å². The molecule has 0 aliphatic rings. The van der Waals surface area contributed by atoms with E-state index in [4.69, 9.17) is 16.3 Å². The van der Waals surface area contributed by atoms with Crippen molar-refractivity contribution in [1.29, 1.82) is 0 Å². The number of carbonyl (C=O) groups is 2. The highest BCUT2D eigenvalue weighted by Gasteiger charge is 2.08. The van der Waals surface area contributed by atoms with E-state index in [1.807, 2.05) is 6.07 Å². The molecule has 0 unspecified atom stereocenters. The minimum Gasteiger partial charge on any atom is -0.423 e. The fourth-order valence-electron chi connectivity index (χ4n) is 4.30. The molecule has 0 spiro atoms. The lowest BCUT2D eigenvalue weighted by Gasteiger charge is -2.05. The molecule has 0 fully saturated rings. The lowest BCUT2D eigenvalue weighted by atomic mass is 10.0. The summed E-state index contributed by atoms with van der Waals surface area (Å²) < 4.78 is 5.41. The van der Waals surface area contributed by atoms with E-state index in [-0.39, 0.29) is 5.91 Å². The van der Waals surface area contributed by atoms with Crippen LogP contribution in [0.5, 0.6) is 5.75 Å². The van der Waals surface area contributed by atoms with Crippen LogP contribution in [0.3, 0.4) is 0 Å². The Balaban J connectivity index is 1.49. The molecule has 2 aromatic rings. The Morgan fingerprint density at radius 2 is 1.34 bits per heavy atom. The number of nitrogens with zero attached hydrogens (tertiary/aromatic N) is 1. The topological polar surface area (TPSA) is 67.8 Å². The third kappa shape index (κ3) is 14.9. The molecule has 0 aromatic heterocycles. The third-order valence-corrected chi connectivity index (χ3v) is 6.81. The van der Waals surface area contributed by atoms with Crippen LogP contribution in [0.1, 0.15) is 126 Å². The average Bonchev–Trinajstić information content (AvgIpc) is 2.91. The van der Waals surface area contributed by atoms with Crippen molar-refractivity contribution >= 4 is 29.7 Å². The van der Waals surface area contributed by atoms with Gasteiger partial charge in [0.25, 0.3) is 0 Å². The van der Waals surface area contributed by atoms with Crippen molar-refractivity contribution in [3.8, 4) is 5.75 Å². The van der Waals surface area contributed by atoms with Crippen LogP contribution >= 0.6 is 11.6 Å². The summed E-state index contributed by atoms with van der Waals surface area (Å²) >= 11 is 5.86. The van der Waals surface area contributed by atoms with E-state index < -0.39 is 5.97 Å². The number of benzene rings is 2. The zero-order chi connectivity index (χ0) is 27.3. The third-order valence-electron chi connectivity index (χ3n) is 6.56. The number of halogens is 1. The van der Waals surface area contributed by atoms with E-state index in [9.17, 15) is 9.59 Å². The van der Waals surface area contributed by atoms with Crippen molar-refractivity contribution in [2.75, 3.05) is 0 Å². The predicted octanol–water partition coefficient (Wildman–Crippen LogP) is 9.27. The van der Waals surface area contributed by atoms with Crippen LogP contribution in [0.2, 0.25) is 5.02 Å². The standard InChI is InChI=1S/C32H45ClN2O3/c1-2-3-4-5-6-7-8-9-10-11-12-13-14-15-16-20-31(36)35-34-26-27-18-17-19-30(25-27)38-32(37)28-21-23-29(33)24-22-28/h17-19,21-26H,2-16,20H2,1H3,(H,35,36). The number of hydrogen-bond donors (Lipinski definition) is 1. The molecule has 1 N–H and O–H groups in total. The van der Waals surface area contributed by atoms with Gasteiger partial charge >= 0.3 is 5.97 Å². The van der Waals surface area contributed by atoms with Crippen LogP contribution in [0.25, 0.3) is 0 Å². The summed E-state index contributed by atoms with van der Waals surface area (Å²) in [6.07, 6.45) is 21.6. The number of nitrogens with one attached hydrogen (secondary N) is 1. The smallest absolute Gasteiger partial charge is 0.343 e. The van der Waals surface area contributed by atoms with Crippen molar-refractivity contribution in [2.24, 2.45) is 5.10 Å². The van der Waals surface area contributed by atoms with Gasteiger partial charge in [-0.25, -0.2) is 10.2 Å². The van der Waals surface area contributed by atoms with Gasteiger partial charge in [0, 0.05) is 11.4 Å². The first kappa shape index (κ1) is 31.6. The number of hydrazone groups is 1. The molecule has 2 rings (SSSR count). The van der Waals surface area contributed by atoms with Gasteiger partial charge in [0.15, 0.2) is 0 Å². The number of amides is 1. The highest BCUT2D eigenvalue weighted by atomic mass is 35.5. The molecule has 0 heterocycles. The van der Waals surface area contributed by atoms with E-state index in [1.165, 1.54) is 83.5 Å². The molecular formula is C32H45ClN2O3. The average molecular weight is 541 g/mol. The first-order chi connectivity index (χ1) is 18.6. The molecule has 0 aliphatic heterocycles. The summed E-state index contributed by atoms with van der Waals surface area (Å²) in [6, 6.07) is 13.5. The van der Waals surface area contributed by atoms with Crippen LogP contribution in [0.4, 0.5) is 0 Å². The Kier molecular flexibility index (Phi) is 16.9. The highest BCUT2D eigenvalue weighted by molar-refractivity contribution is 6.30. The van der Waals surface area contributed by atoms with Gasteiger partial charge in [-0.15, -0.1) is 0 Å². The molecule has 0 atom stereocenters. The Morgan fingerprint density at radius 1 is 0.789 bits per heavy atom. The van der Waals surface area contributed by atoms with Gasteiger partial charge in [-0.1, -0.05) is 121 Å². The van der Waals surface area contributed by atoms with Gasteiger partial charge in [0.05, 0.1) is 11.8 Å². The number of esters is 1. The van der Waals surface area contributed by atoms with Gasteiger partial charge in [0.1, 0.15) is 5.75 Å². The van der Waals surface area contributed by atoms with E-state index in [0.717, 1.165) is 18.4 Å². The minimum absolute atomic E-state index is 0.0822. The highest BCUT2D eigenvalue weighted by Crippen LogP contribution is 2.16. The number of ether oxygens (including phenoxy) is 1. The summed E-state index contributed by atoms with van der Waals surface area (Å²) in [7, 11) is 0. The largest absolute Gasteiger partial charge is 0.423 e. The van der Waals surface area contributed by atoms with Crippen LogP contribution in [0.15, 0.2) is 53.6 Å². The number of hydrogen-bond acceptors (Lipinski definition) is 4. The maximum Gasteiger partial charge on any atom is 0.343 e.